The lowest BCUT2D eigenvalue weighted by atomic mass is 10.1. The topological polar surface area (TPSA) is 104 Å². The van der Waals surface area contributed by atoms with Gasteiger partial charge >= 0.3 is 0 Å². The van der Waals surface area contributed by atoms with Gasteiger partial charge in [0.25, 0.3) is 15.9 Å². The van der Waals surface area contributed by atoms with E-state index in [1.54, 1.807) is 12.1 Å². The summed E-state index contributed by atoms with van der Waals surface area (Å²) in [6, 6.07) is 7.14. The summed E-state index contributed by atoms with van der Waals surface area (Å²) in [7, 11) is -3.72. The van der Waals surface area contributed by atoms with E-state index in [4.69, 9.17) is 0 Å². The van der Waals surface area contributed by atoms with Gasteiger partial charge in [0.05, 0.1) is 0 Å². The first-order valence-corrected chi connectivity index (χ1v) is 11.2. The van der Waals surface area contributed by atoms with Gasteiger partial charge in [-0.05, 0) is 57.5 Å². The zero-order valence-electron chi connectivity index (χ0n) is 15.1. The summed E-state index contributed by atoms with van der Waals surface area (Å²) in [6.45, 7) is 5.25. The van der Waals surface area contributed by atoms with Gasteiger partial charge < -0.3 is 4.90 Å². The third-order valence-corrected chi connectivity index (χ3v) is 7.06. The van der Waals surface area contributed by atoms with Crippen LogP contribution in [-0.2, 0) is 10.0 Å². The molecule has 0 unspecified atom stereocenters. The Bertz CT molecular complexity index is 891. The summed E-state index contributed by atoms with van der Waals surface area (Å²) in [5.74, 6) is -0.341. The SMILES string of the molecule is Cc1ccccc1C(=O)Nc1nnc(S(=O)(=O)NCCCN2CCCC2)s1. The number of carbonyl (C=O) groups is 1. The van der Waals surface area contributed by atoms with Crippen molar-refractivity contribution in [3.05, 3.63) is 35.4 Å². The molecule has 1 aromatic carbocycles. The van der Waals surface area contributed by atoms with Crippen molar-refractivity contribution in [1.82, 2.24) is 19.8 Å². The summed E-state index contributed by atoms with van der Waals surface area (Å²) in [5.41, 5.74) is 1.34. The van der Waals surface area contributed by atoms with Crippen molar-refractivity contribution in [2.75, 3.05) is 31.5 Å². The van der Waals surface area contributed by atoms with Gasteiger partial charge in [0.1, 0.15) is 0 Å². The predicted molar refractivity (Wildman–Crippen MR) is 105 cm³/mol. The molecule has 2 N–H and O–H groups in total. The first-order valence-electron chi connectivity index (χ1n) is 8.88. The average molecular weight is 410 g/mol. The number of carbonyl (C=O) groups excluding carboxylic acids is 1. The van der Waals surface area contributed by atoms with E-state index >= 15 is 0 Å². The zero-order chi connectivity index (χ0) is 19.3. The molecule has 2 aromatic rings. The monoisotopic (exact) mass is 409 g/mol. The van der Waals surface area contributed by atoms with E-state index in [9.17, 15) is 13.2 Å². The van der Waals surface area contributed by atoms with Crippen LogP contribution in [0.5, 0.6) is 0 Å². The highest BCUT2D eigenvalue weighted by atomic mass is 32.2. The summed E-state index contributed by atoms with van der Waals surface area (Å²) in [6.07, 6.45) is 3.18. The Morgan fingerprint density at radius 2 is 1.96 bits per heavy atom. The number of amides is 1. The van der Waals surface area contributed by atoms with Crippen LogP contribution < -0.4 is 10.0 Å². The highest BCUT2D eigenvalue weighted by Crippen LogP contribution is 2.21. The number of anilines is 1. The van der Waals surface area contributed by atoms with Crippen molar-refractivity contribution in [2.24, 2.45) is 0 Å². The van der Waals surface area contributed by atoms with Crippen LogP contribution in [0.15, 0.2) is 28.6 Å². The van der Waals surface area contributed by atoms with E-state index < -0.39 is 10.0 Å². The van der Waals surface area contributed by atoms with Crippen LogP contribution >= 0.6 is 11.3 Å². The summed E-state index contributed by atoms with van der Waals surface area (Å²) >= 11 is 0.837. The Hall–Kier alpha value is -1.88. The summed E-state index contributed by atoms with van der Waals surface area (Å²) < 4.78 is 27.0. The molecule has 1 aliphatic heterocycles. The van der Waals surface area contributed by atoms with Crippen LogP contribution in [0.4, 0.5) is 5.13 Å². The molecular formula is C17H23N5O3S2. The number of rotatable bonds is 8. The number of nitrogens with zero attached hydrogens (tertiary/aromatic N) is 3. The van der Waals surface area contributed by atoms with Gasteiger partial charge in [-0.1, -0.05) is 29.5 Å². The molecule has 146 valence electrons. The molecule has 1 aromatic heterocycles. The smallest absolute Gasteiger partial charge is 0.269 e. The molecule has 1 fully saturated rings. The molecule has 27 heavy (non-hydrogen) atoms. The Labute approximate surface area is 163 Å². The maximum Gasteiger partial charge on any atom is 0.269 e. The quantitative estimate of drug-likeness (QED) is 0.509. The Balaban J connectivity index is 1.54. The molecule has 0 atom stereocenters. The number of aromatic nitrogens is 2. The molecule has 1 aliphatic rings. The molecule has 0 radical (unpaired) electrons. The Kier molecular flexibility index (Phi) is 6.53. The average Bonchev–Trinajstić information content (AvgIpc) is 3.31. The van der Waals surface area contributed by atoms with Crippen LogP contribution in [-0.4, -0.2) is 55.6 Å². The molecule has 1 amide bonds. The van der Waals surface area contributed by atoms with Crippen molar-refractivity contribution in [1.29, 1.82) is 0 Å². The van der Waals surface area contributed by atoms with Crippen molar-refractivity contribution in [2.45, 2.75) is 30.5 Å². The van der Waals surface area contributed by atoms with Crippen molar-refractivity contribution in [3.63, 3.8) is 0 Å². The highest BCUT2D eigenvalue weighted by Gasteiger charge is 2.21. The molecule has 8 nitrogen and oxygen atoms in total. The minimum absolute atomic E-state index is 0.149. The maximum absolute atomic E-state index is 12.3. The zero-order valence-corrected chi connectivity index (χ0v) is 16.8. The number of hydrogen-bond donors (Lipinski definition) is 2. The van der Waals surface area contributed by atoms with Gasteiger partial charge in [-0.2, -0.15) is 0 Å². The molecule has 10 heteroatoms. The normalized spacial score (nSPS) is 15.1. The van der Waals surface area contributed by atoms with Crippen LogP contribution in [0, 0.1) is 6.92 Å². The van der Waals surface area contributed by atoms with Gasteiger partial charge in [0.2, 0.25) is 9.47 Å². The maximum atomic E-state index is 12.3. The predicted octanol–water partition coefficient (Wildman–Crippen LogP) is 1.86. The molecule has 3 rings (SSSR count). The Morgan fingerprint density at radius 3 is 2.70 bits per heavy atom. The van der Waals surface area contributed by atoms with E-state index in [1.807, 2.05) is 19.1 Å². The van der Waals surface area contributed by atoms with E-state index in [1.165, 1.54) is 12.8 Å². The fraction of sp³-hybridized carbons (Fsp3) is 0.471. The molecular weight excluding hydrogens is 386 g/mol. The van der Waals surface area contributed by atoms with Crippen molar-refractivity contribution in [3.8, 4) is 0 Å². The fourth-order valence-electron chi connectivity index (χ4n) is 2.94. The van der Waals surface area contributed by atoms with Gasteiger partial charge in [-0.3, -0.25) is 10.1 Å². The van der Waals surface area contributed by atoms with E-state index in [0.717, 1.165) is 43.0 Å². The third kappa shape index (κ3) is 5.32. The van der Waals surface area contributed by atoms with E-state index in [2.05, 4.69) is 25.1 Å². The second-order valence-corrected chi connectivity index (χ2v) is 9.36. The highest BCUT2D eigenvalue weighted by molar-refractivity contribution is 7.91. The first-order chi connectivity index (χ1) is 13.0. The van der Waals surface area contributed by atoms with Crippen LogP contribution in [0.25, 0.3) is 0 Å². The summed E-state index contributed by atoms with van der Waals surface area (Å²) in [5, 5.41) is 10.2. The van der Waals surface area contributed by atoms with E-state index in [-0.39, 0.29) is 15.4 Å². The van der Waals surface area contributed by atoms with Gasteiger partial charge in [-0.25, -0.2) is 13.1 Å². The molecule has 0 saturated carbocycles. The van der Waals surface area contributed by atoms with Gasteiger partial charge in [-0.15, -0.1) is 10.2 Å². The third-order valence-electron chi connectivity index (χ3n) is 4.39. The number of aryl methyl sites for hydroxylation is 1. The lowest BCUT2D eigenvalue weighted by Gasteiger charge is -2.13. The minimum Gasteiger partial charge on any atom is -0.303 e. The first kappa shape index (κ1) is 19.9. The largest absolute Gasteiger partial charge is 0.303 e. The number of benzene rings is 1. The standard InChI is InChI=1S/C17H23N5O3S2/c1-13-7-2-3-8-14(13)15(23)19-16-20-21-17(26-16)27(24,25)18-9-6-12-22-10-4-5-11-22/h2-3,7-8,18H,4-6,9-12H2,1H3,(H,19,20,23). The molecule has 2 heterocycles. The summed E-state index contributed by atoms with van der Waals surface area (Å²) in [4.78, 5) is 14.6. The van der Waals surface area contributed by atoms with Crippen LogP contribution in [0.1, 0.15) is 35.2 Å². The van der Waals surface area contributed by atoms with Crippen LogP contribution in [0.2, 0.25) is 0 Å². The molecule has 0 aliphatic carbocycles. The second-order valence-electron chi connectivity index (χ2n) is 6.44. The Morgan fingerprint density at radius 1 is 1.22 bits per heavy atom. The number of sulfonamides is 1. The number of likely N-dealkylation sites (tertiary alicyclic amines) is 1. The lowest BCUT2D eigenvalue weighted by molar-refractivity contribution is 0.102. The van der Waals surface area contributed by atoms with Crippen molar-refractivity contribution < 1.29 is 13.2 Å². The van der Waals surface area contributed by atoms with E-state index in [0.29, 0.717) is 12.1 Å². The molecule has 0 spiro atoms. The molecule has 0 bridgehead atoms. The number of nitrogens with one attached hydrogen (secondary N) is 2. The minimum atomic E-state index is -3.72. The van der Waals surface area contributed by atoms with Gasteiger partial charge in [0, 0.05) is 12.1 Å². The van der Waals surface area contributed by atoms with Crippen LogP contribution in [0.3, 0.4) is 0 Å². The van der Waals surface area contributed by atoms with Crippen molar-refractivity contribution >= 4 is 32.4 Å². The lowest BCUT2D eigenvalue weighted by Crippen LogP contribution is -2.28. The number of hydrogen-bond acceptors (Lipinski definition) is 7. The fourth-order valence-corrected chi connectivity index (χ4v) is 4.95. The molecule has 1 saturated heterocycles. The second kappa shape index (κ2) is 8.87. The van der Waals surface area contributed by atoms with Gasteiger partial charge in [0.15, 0.2) is 0 Å².